The summed E-state index contributed by atoms with van der Waals surface area (Å²) in [6.07, 6.45) is 0. The molecule has 0 amide bonds. The highest BCUT2D eigenvalue weighted by Gasteiger charge is 2.15. The lowest BCUT2D eigenvalue weighted by Gasteiger charge is -2.12. The van der Waals surface area contributed by atoms with Crippen LogP contribution in [0.5, 0.6) is 0 Å². The smallest absolute Gasteiger partial charge is 0.0495 e. The Kier molecular flexibility index (Phi) is 3.54. The standard InChI is InChI=1S/C31H21N/c1-32-28-16-15-23(19-27(28)31-24-11-5-2-8-20(24)14-17-29(31)32)30-25-12-6-3-9-21(25)18-22-10-4-7-13-26(22)30/h2-19H,1H3. The average Bonchev–Trinajstić information content (AvgIpc) is 3.14. The van der Waals surface area contributed by atoms with Gasteiger partial charge in [-0.05, 0) is 67.7 Å². The lowest BCUT2D eigenvalue weighted by atomic mass is 9.91. The van der Waals surface area contributed by atoms with E-state index in [1.54, 1.807) is 0 Å². The van der Waals surface area contributed by atoms with Crippen molar-refractivity contribution in [2.75, 3.05) is 0 Å². The normalized spacial score (nSPS) is 11.9. The zero-order valence-electron chi connectivity index (χ0n) is 17.8. The third-order valence-corrected chi connectivity index (χ3v) is 6.96. The molecule has 0 unspecified atom stereocenters. The van der Waals surface area contributed by atoms with Crippen LogP contribution in [0.4, 0.5) is 0 Å². The van der Waals surface area contributed by atoms with Gasteiger partial charge in [-0.3, -0.25) is 0 Å². The van der Waals surface area contributed by atoms with E-state index >= 15 is 0 Å². The molecule has 1 nitrogen and oxygen atoms in total. The predicted octanol–water partition coefficient (Wildman–Crippen LogP) is 8.46. The number of hydrogen-bond donors (Lipinski definition) is 0. The molecule has 6 aromatic carbocycles. The number of benzene rings is 6. The Bertz CT molecular complexity index is 1780. The van der Waals surface area contributed by atoms with Crippen molar-refractivity contribution in [3.8, 4) is 11.1 Å². The highest BCUT2D eigenvalue weighted by Crippen LogP contribution is 2.40. The molecule has 0 atom stereocenters. The molecule has 0 aliphatic carbocycles. The van der Waals surface area contributed by atoms with Gasteiger partial charge in [0.2, 0.25) is 0 Å². The van der Waals surface area contributed by atoms with E-state index in [0.29, 0.717) is 0 Å². The first kappa shape index (κ1) is 17.6. The lowest BCUT2D eigenvalue weighted by molar-refractivity contribution is 1.01. The van der Waals surface area contributed by atoms with Crippen LogP contribution >= 0.6 is 0 Å². The predicted molar refractivity (Wildman–Crippen MR) is 138 cm³/mol. The van der Waals surface area contributed by atoms with E-state index in [4.69, 9.17) is 0 Å². The minimum atomic E-state index is 1.27. The highest BCUT2D eigenvalue weighted by molar-refractivity contribution is 6.22. The van der Waals surface area contributed by atoms with Crippen LogP contribution in [0, 0.1) is 0 Å². The second-order valence-corrected chi connectivity index (χ2v) is 8.67. The SMILES string of the molecule is Cn1c2ccc(-c3c4ccccc4cc4ccccc34)cc2c2c3ccccc3ccc21. The average molecular weight is 408 g/mol. The molecule has 1 heterocycles. The van der Waals surface area contributed by atoms with Gasteiger partial charge in [0, 0.05) is 28.9 Å². The van der Waals surface area contributed by atoms with Crippen molar-refractivity contribution in [3.05, 3.63) is 109 Å². The van der Waals surface area contributed by atoms with Crippen LogP contribution < -0.4 is 0 Å². The van der Waals surface area contributed by atoms with Crippen LogP contribution in [0.3, 0.4) is 0 Å². The van der Waals surface area contributed by atoms with Crippen molar-refractivity contribution in [2.45, 2.75) is 0 Å². The van der Waals surface area contributed by atoms with Gasteiger partial charge >= 0.3 is 0 Å². The van der Waals surface area contributed by atoms with Gasteiger partial charge in [-0.25, -0.2) is 0 Å². The van der Waals surface area contributed by atoms with E-state index < -0.39 is 0 Å². The maximum atomic E-state index is 2.40. The first-order valence-electron chi connectivity index (χ1n) is 11.1. The van der Waals surface area contributed by atoms with E-state index in [2.05, 4.69) is 121 Å². The molecule has 0 fully saturated rings. The fourth-order valence-corrected chi connectivity index (χ4v) is 5.46. The highest BCUT2D eigenvalue weighted by atomic mass is 14.9. The van der Waals surface area contributed by atoms with Crippen molar-refractivity contribution in [1.82, 2.24) is 4.57 Å². The zero-order chi connectivity index (χ0) is 21.2. The fourth-order valence-electron chi connectivity index (χ4n) is 5.46. The number of aryl methyl sites for hydroxylation is 1. The summed E-state index contributed by atoms with van der Waals surface area (Å²) in [5.74, 6) is 0. The van der Waals surface area contributed by atoms with Crippen molar-refractivity contribution in [2.24, 2.45) is 7.05 Å². The molecule has 7 rings (SSSR count). The third kappa shape index (κ3) is 2.34. The number of nitrogens with zero attached hydrogens (tertiary/aromatic N) is 1. The Morgan fingerprint density at radius 3 is 1.78 bits per heavy atom. The van der Waals surface area contributed by atoms with Crippen molar-refractivity contribution < 1.29 is 0 Å². The molecule has 0 N–H and O–H groups in total. The van der Waals surface area contributed by atoms with E-state index in [1.165, 1.54) is 65.3 Å². The van der Waals surface area contributed by atoms with Gasteiger partial charge < -0.3 is 4.57 Å². The van der Waals surface area contributed by atoms with Crippen LogP contribution in [0.25, 0.3) is 65.3 Å². The number of hydrogen-bond acceptors (Lipinski definition) is 0. The lowest BCUT2D eigenvalue weighted by Crippen LogP contribution is -1.88. The van der Waals surface area contributed by atoms with Gasteiger partial charge in [0.15, 0.2) is 0 Å². The van der Waals surface area contributed by atoms with Crippen LogP contribution in [-0.2, 0) is 7.05 Å². The molecular weight excluding hydrogens is 386 g/mol. The Hall–Kier alpha value is -4.10. The minimum Gasteiger partial charge on any atom is -0.344 e. The molecule has 0 saturated carbocycles. The molecule has 7 aromatic rings. The van der Waals surface area contributed by atoms with Gasteiger partial charge in [-0.15, -0.1) is 0 Å². The van der Waals surface area contributed by atoms with Crippen LogP contribution in [0.1, 0.15) is 0 Å². The Morgan fingerprint density at radius 1 is 0.469 bits per heavy atom. The first-order valence-corrected chi connectivity index (χ1v) is 11.1. The van der Waals surface area contributed by atoms with E-state index in [-0.39, 0.29) is 0 Å². The van der Waals surface area contributed by atoms with Gasteiger partial charge in [0.05, 0.1) is 0 Å². The van der Waals surface area contributed by atoms with Crippen LogP contribution in [0.15, 0.2) is 109 Å². The summed E-state index contributed by atoms with van der Waals surface area (Å²) < 4.78 is 2.32. The summed E-state index contributed by atoms with van der Waals surface area (Å²) in [4.78, 5) is 0. The summed E-state index contributed by atoms with van der Waals surface area (Å²) in [5.41, 5.74) is 5.13. The largest absolute Gasteiger partial charge is 0.344 e. The maximum absolute atomic E-state index is 2.40. The number of aromatic nitrogens is 1. The van der Waals surface area contributed by atoms with Crippen LogP contribution in [0.2, 0.25) is 0 Å². The monoisotopic (exact) mass is 407 g/mol. The van der Waals surface area contributed by atoms with Crippen LogP contribution in [-0.4, -0.2) is 4.57 Å². The second kappa shape index (κ2) is 6.45. The first-order chi connectivity index (χ1) is 15.8. The van der Waals surface area contributed by atoms with E-state index in [0.717, 1.165) is 0 Å². The minimum absolute atomic E-state index is 1.27. The van der Waals surface area contributed by atoms with Gasteiger partial charge in [-0.2, -0.15) is 0 Å². The Morgan fingerprint density at radius 2 is 1.06 bits per heavy atom. The molecule has 32 heavy (non-hydrogen) atoms. The van der Waals surface area contributed by atoms with E-state index in [9.17, 15) is 0 Å². The fraction of sp³-hybridized carbons (Fsp3) is 0.0323. The van der Waals surface area contributed by atoms with Crippen molar-refractivity contribution >= 4 is 54.1 Å². The molecule has 0 bridgehead atoms. The summed E-state index contributed by atoms with van der Waals surface area (Å²) in [7, 11) is 2.17. The molecule has 1 heteroatoms. The topological polar surface area (TPSA) is 4.93 Å². The van der Waals surface area contributed by atoms with Gasteiger partial charge in [0.1, 0.15) is 0 Å². The Labute approximate surface area is 186 Å². The molecule has 0 aliphatic heterocycles. The molecule has 0 spiro atoms. The van der Waals surface area contributed by atoms with Gasteiger partial charge in [-0.1, -0.05) is 84.9 Å². The Balaban J connectivity index is 1.66. The summed E-state index contributed by atoms with van der Waals surface area (Å²) in [6.45, 7) is 0. The maximum Gasteiger partial charge on any atom is 0.0495 e. The molecule has 1 aromatic heterocycles. The zero-order valence-corrected chi connectivity index (χ0v) is 17.8. The van der Waals surface area contributed by atoms with Crippen molar-refractivity contribution in [3.63, 3.8) is 0 Å². The number of fused-ring (bicyclic) bond motifs is 7. The summed E-state index contributed by atoms with van der Waals surface area (Å²) >= 11 is 0. The summed E-state index contributed by atoms with van der Waals surface area (Å²) in [6, 6.07) is 40.0. The quantitative estimate of drug-likeness (QED) is 0.241. The van der Waals surface area contributed by atoms with Crippen molar-refractivity contribution in [1.29, 1.82) is 0 Å². The molecule has 0 aliphatic rings. The molecule has 0 saturated heterocycles. The molecule has 150 valence electrons. The second-order valence-electron chi connectivity index (χ2n) is 8.67. The summed E-state index contributed by atoms with van der Waals surface area (Å²) in [5, 5.41) is 10.4. The number of rotatable bonds is 1. The van der Waals surface area contributed by atoms with E-state index in [1.807, 2.05) is 0 Å². The third-order valence-electron chi connectivity index (χ3n) is 6.96. The molecular formula is C31H21N. The molecule has 0 radical (unpaired) electrons. The van der Waals surface area contributed by atoms with Gasteiger partial charge in [0.25, 0.3) is 0 Å².